The number of amides is 2. The van der Waals surface area contributed by atoms with Gasteiger partial charge in [0.25, 0.3) is 0 Å². The molecule has 34 heavy (non-hydrogen) atoms. The van der Waals surface area contributed by atoms with Crippen LogP contribution in [0.15, 0.2) is 36.4 Å². The lowest BCUT2D eigenvalue weighted by Gasteiger charge is -2.27. The SMILES string of the molecule is COc1cc(CN(CC(CCc2ccc(C)c(C)c2)COC(=O)C(C)(C)C)C(N)=O)ccc1O. The molecule has 3 N–H and O–H groups in total. The van der Waals surface area contributed by atoms with Crippen molar-refractivity contribution in [2.75, 3.05) is 20.3 Å². The zero-order valence-corrected chi connectivity index (χ0v) is 21.2. The summed E-state index contributed by atoms with van der Waals surface area (Å²) in [5.41, 5.74) is 9.53. The molecule has 0 fully saturated rings. The van der Waals surface area contributed by atoms with Crippen LogP contribution in [-0.2, 0) is 22.5 Å². The Hall–Kier alpha value is -3.22. The van der Waals surface area contributed by atoms with Crippen LogP contribution in [0.3, 0.4) is 0 Å². The van der Waals surface area contributed by atoms with Gasteiger partial charge in [-0.15, -0.1) is 0 Å². The summed E-state index contributed by atoms with van der Waals surface area (Å²) in [6, 6.07) is 10.7. The van der Waals surface area contributed by atoms with E-state index in [9.17, 15) is 14.7 Å². The van der Waals surface area contributed by atoms with Gasteiger partial charge in [-0.3, -0.25) is 4.79 Å². The van der Waals surface area contributed by atoms with Gasteiger partial charge in [0.15, 0.2) is 11.5 Å². The van der Waals surface area contributed by atoms with Crippen LogP contribution in [0, 0.1) is 25.2 Å². The molecule has 7 heteroatoms. The number of phenols is 1. The first-order chi connectivity index (χ1) is 15.9. The number of phenolic OH excluding ortho intramolecular Hbond substituents is 1. The molecule has 0 heterocycles. The number of aromatic hydroxyl groups is 1. The highest BCUT2D eigenvalue weighted by Crippen LogP contribution is 2.27. The van der Waals surface area contributed by atoms with Gasteiger partial charge >= 0.3 is 12.0 Å². The van der Waals surface area contributed by atoms with Crippen molar-refractivity contribution >= 4 is 12.0 Å². The van der Waals surface area contributed by atoms with Crippen LogP contribution in [0.5, 0.6) is 11.5 Å². The molecule has 0 saturated carbocycles. The third kappa shape index (κ3) is 7.97. The number of esters is 1. The number of hydrogen-bond acceptors (Lipinski definition) is 5. The highest BCUT2D eigenvalue weighted by atomic mass is 16.5. The molecule has 0 spiro atoms. The molecule has 1 atom stereocenters. The number of urea groups is 1. The molecule has 0 aliphatic rings. The third-order valence-corrected chi connectivity index (χ3v) is 5.88. The van der Waals surface area contributed by atoms with Crippen molar-refractivity contribution in [2.24, 2.45) is 17.1 Å². The largest absolute Gasteiger partial charge is 0.504 e. The molecule has 0 bridgehead atoms. The van der Waals surface area contributed by atoms with E-state index in [1.165, 1.54) is 34.8 Å². The maximum absolute atomic E-state index is 12.4. The molecule has 0 saturated heterocycles. The Labute approximate surface area is 202 Å². The quantitative estimate of drug-likeness (QED) is 0.489. The zero-order chi connectivity index (χ0) is 25.5. The number of ether oxygens (including phenoxy) is 2. The van der Waals surface area contributed by atoms with Gasteiger partial charge < -0.3 is 25.2 Å². The second kappa shape index (κ2) is 11.8. The minimum Gasteiger partial charge on any atom is -0.504 e. The molecule has 2 amide bonds. The van der Waals surface area contributed by atoms with Gasteiger partial charge in [0.2, 0.25) is 0 Å². The number of aryl methyl sites for hydroxylation is 3. The van der Waals surface area contributed by atoms with E-state index in [0.29, 0.717) is 12.3 Å². The van der Waals surface area contributed by atoms with E-state index < -0.39 is 11.4 Å². The van der Waals surface area contributed by atoms with Gasteiger partial charge in [0, 0.05) is 19.0 Å². The summed E-state index contributed by atoms with van der Waals surface area (Å²) in [7, 11) is 1.47. The van der Waals surface area contributed by atoms with Crippen LogP contribution in [0.25, 0.3) is 0 Å². The highest BCUT2D eigenvalue weighted by molar-refractivity contribution is 5.75. The Morgan fingerprint density at radius 3 is 2.32 bits per heavy atom. The van der Waals surface area contributed by atoms with Crippen molar-refractivity contribution < 1.29 is 24.2 Å². The predicted molar refractivity (Wildman–Crippen MR) is 133 cm³/mol. The van der Waals surface area contributed by atoms with Gasteiger partial charge in [-0.2, -0.15) is 0 Å². The number of rotatable bonds is 10. The Morgan fingerprint density at radius 1 is 1.06 bits per heavy atom. The fourth-order valence-corrected chi connectivity index (χ4v) is 3.55. The number of nitrogens with zero attached hydrogens (tertiary/aromatic N) is 1. The predicted octanol–water partition coefficient (Wildman–Crippen LogP) is 4.74. The monoisotopic (exact) mass is 470 g/mol. The fraction of sp³-hybridized carbons (Fsp3) is 0.481. The maximum atomic E-state index is 12.4. The first-order valence-corrected chi connectivity index (χ1v) is 11.5. The van der Waals surface area contributed by atoms with Crippen molar-refractivity contribution in [2.45, 2.75) is 54.0 Å². The van der Waals surface area contributed by atoms with E-state index in [1.807, 2.05) is 20.8 Å². The summed E-state index contributed by atoms with van der Waals surface area (Å²) in [4.78, 5) is 26.2. The molecule has 186 valence electrons. The summed E-state index contributed by atoms with van der Waals surface area (Å²) in [6.07, 6.45) is 1.51. The van der Waals surface area contributed by atoms with Gasteiger partial charge in [0.1, 0.15) is 0 Å². The first-order valence-electron chi connectivity index (χ1n) is 11.5. The number of carbonyl (C=O) groups excluding carboxylic acids is 2. The van der Waals surface area contributed by atoms with Gasteiger partial charge in [-0.25, -0.2) is 4.79 Å². The topological polar surface area (TPSA) is 102 Å². The molecular weight excluding hydrogens is 432 g/mol. The van der Waals surface area contributed by atoms with Crippen molar-refractivity contribution in [3.8, 4) is 11.5 Å². The Kier molecular flexibility index (Phi) is 9.36. The van der Waals surface area contributed by atoms with E-state index in [1.54, 1.807) is 12.1 Å². The second-order valence-electron chi connectivity index (χ2n) is 9.90. The molecule has 2 aromatic rings. The Bertz CT molecular complexity index is 997. The Morgan fingerprint density at radius 2 is 1.74 bits per heavy atom. The van der Waals surface area contributed by atoms with Crippen LogP contribution in [0.4, 0.5) is 4.79 Å². The average molecular weight is 471 g/mol. The van der Waals surface area contributed by atoms with Crippen molar-refractivity contribution in [3.05, 3.63) is 58.7 Å². The summed E-state index contributed by atoms with van der Waals surface area (Å²) in [6.45, 7) is 10.4. The van der Waals surface area contributed by atoms with E-state index in [0.717, 1.165) is 18.4 Å². The van der Waals surface area contributed by atoms with Crippen LogP contribution in [-0.4, -0.2) is 42.3 Å². The first kappa shape index (κ1) is 27.0. The van der Waals surface area contributed by atoms with Gasteiger partial charge in [-0.1, -0.05) is 24.3 Å². The van der Waals surface area contributed by atoms with Crippen molar-refractivity contribution in [3.63, 3.8) is 0 Å². The van der Waals surface area contributed by atoms with E-state index >= 15 is 0 Å². The number of nitrogens with two attached hydrogens (primary N) is 1. The molecule has 2 aromatic carbocycles. The summed E-state index contributed by atoms with van der Waals surface area (Å²) < 4.78 is 10.8. The molecule has 0 aliphatic heterocycles. The summed E-state index contributed by atoms with van der Waals surface area (Å²) in [5.74, 6) is -0.0263. The lowest BCUT2D eigenvalue weighted by atomic mass is 9.96. The van der Waals surface area contributed by atoms with Gasteiger partial charge in [0.05, 0.1) is 19.1 Å². The molecule has 0 aromatic heterocycles. The van der Waals surface area contributed by atoms with Crippen LogP contribution >= 0.6 is 0 Å². The lowest BCUT2D eigenvalue weighted by Crippen LogP contribution is -2.40. The maximum Gasteiger partial charge on any atom is 0.315 e. The minimum atomic E-state index is -0.607. The standard InChI is InChI=1S/C27H38N2O5/c1-18-7-8-20(13-19(18)2)9-10-22(17-34-25(31)27(3,4)5)16-29(26(28)32)15-21-11-12-23(30)24(14-21)33-6/h7-8,11-14,22,30H,9-10,15-17H2,1-6H3,(H2,28,32). The summed E-state index contributed by atoms with van der Waals surface area (Å²) >= 11 is 0. The number of benzene rings is 2. The highest BCUT2D eigenvalue weighted by Gasteiger charge is 2.25. The minimum absolute atomic E-state index is 0.0252. The molecular formula is C27H38N2O5. The summed E-state index contributed by atoms with van der Waals surface area (Å²) in [5, 5.41) is 9.85. The normalized spacial score (nSPS) is 12.2. The van der Waals surface area contributed by atoms with Crippen LogP contribution in [0.2, 0.25) is 0 Å². The smallest absolute Gasteiger partial charge is 0.315 e. The van der Waals surface area contributed by atoms with E-state index in [4.69, 9.17) is 15.2 Å². The van der Waals surface area contributed by atoms with Crippen LogP contribution < -0.4 is 10.5 Å². The number of carbonyl (C=O) groups is 2. The van der Waals surface area contributed by atoms with E-state index in [-0.39, 0.29) is 30.8 Å². The number of methoxy groups -OCH3 is 1. The molecule has 0 radical (unpaired) electrons. The fourth-order valence-electron chi connectivity index (χ4n) is 3.55. The van der Waals surface area contributed by atoms with Gasteiger partial charge in [-0.05, 0) is 81.8 Å². The van der Waals surface area contributed by atoms with E-state index in [2.05, 4.69) is 32.0 Å². The zero-order valence-electron chi connectivity index (χ0n) is 21.2. The van der Waals surface area contributed by atoms with Crippen molar-refractivity contribution in [1.29, 1.82) is 0 Å². The average Bonchev–Trinajstić information content (AvgIpc) is 2.77. The molecule has 1 unspecified atom stereocenters. The molecule has 7 nitrogen and oxygen atoms in total. The third-order valence-electron chi connectivity index (χ3n) is 5.88. The Balaban J connectivity index is 2.17. The van der Waals surface area contributed by atoms with Crippen molar-refractivity contribution in [1.82, 2.24) is 4.90 Å². The molecule has 2 rings (SSSR count). The van der Waals surface area contributed by atoms with Crippen LogP contribution in [0.1, 0.15) is 49.4 Å². The second-order valence-corrected chi connectivity index (χ2v) is 9.90. The molecule has 0 aliphatic carbocycles. The lowest BCUT2D eigenvalue weighted by molar-refractivity contribution is -0.154. The number of primary amides is 1. The number of hydrogen-bond donors (Lipinski definition) is 2.